The molecule has 0 saturated carbocycles. The molecule has 1 aromatic rings. The van der Waals surface area contributed by atoms with Crippen molar-refractivity contribution in [2.24, 2.45) is 0 Å². The molecular weight excluding hydrogens is 222 g/mol. The highest BCUT2D eigenvalue weighted by Crippen LogP contribution is 2.09. The van der Waals surface area contributed by atoms with Crippen LogP contribution in [0.1, 0.15) is 24.1 Å². The molecule has 0 atom stereocenters. The molecule has 0 unspecified atom stereocenters. The second kappa shape index (κ2) is 5.96. The monoisotopic (exact) mass is 239 g/mol. The smallest absolute Gasteiger partial charge is 0.222 e. The summed E-state index contributed by atoms with van der Waals surface area (Å²) in [4.78, 5) is 18.6. The number of likely N-dealkylation sites (tertiary alicyclic amines) is 1. The van der Waals surface area contributed by atoms with Crippen molar-refractivity contribution in [3.05, 3.63) is 16.6 Å². The van der Waals surface area contributed by atoms with Gasteiger partial charge in [-0.1, -0.05) is 0 Å². The van der Waals surface area contributed by atoms with Crippen molar-refractivity contribution in [2.75, 3.05) is 19.6 Å². The number of carbonyl (C=O) groups is 1. The van der Waals surface area contributed by atoms with Gasteiger partial charge in [-0.25, -0.2) is 0 Å². The van der Waals surface area contributed by atoms with Crippen LogP contribution in [0.25, 0.3) is 0 Å². The molecular formula is C11H17N3OS. The maximum absolute atomic E-state index is 11.3. The zero-order chi connectivity index (χ0) is 11.2. The summed E-state index contributed by atoms with van der Waals surface area (Å²) in [5.74, 6) is 0.322. The number of rotatable bonds is 6. The van der Waals surface area contributed by atoms with Gasteiger partial charge in [-0.15, -0.1) is 11.3 Å². The van der Waals surface area contributed by atoms with Crippen molar-refractivity contribution >= 4 is 17.2 Å². The second-order valence-corrected chi connectivity index (χ2v) is 4.95. The first kappa shape index (κ1) is 11.5. The Kier molecular flexibility index (Phi) is 4.30. The van der Waals surface area contributed by atoms with Crippen LogP contribution in [-0.4, -0.2) is 35.4 Å². The first-order valence-electron chi connectivity index (χ1n) is 5.72. The number of aromatic nitrogens is 1. The quantitative estimate of drug-likeness (QED) is 0.760. The van der Waals surface area contributed by atoms with Gasteiger partial charge in [0.15, 0.2) is 0 Å². The molecule has 88 valence electrons. The number of thiazole rings is 1. The predicted molar refractivity (Wildman–Crippen MR) is 64.3 cm³/mol. The third kappa shape index (κ3) is 3.28. The first-order chi connectivity index (χ1) is 7.86. The number of carbonyl (C=O) groups excluding carboxylic acids is 1. The molecule has 1 N–H and O–H groups in total. The Labute approximate surface area is 99.7 Å². The van der Waals surface area contributed by atoms with Gasteiger partial charge in [-0.05, 0) is 19.4 Å². The van der Waals surface area contributed by atoms with Gasteiger partial charge in [0.1, 0.15) is 0 Å². The molecule has 4 nitrogen and oxygen atoms in total. The molecule has 1 amide bonds. The SMILES string of the molecule is O=C1CCCN1CCCNCc1cncs1. The fourth-order valence-corrected chi connectivity index (χ4v) is 2.44. The number of hydrogen-bond acceptors (Lipinski definition) is 4. The lowest BCUT2D eigenvalue weighted by atomic mass is 10.4. The van der Waals surface area contributed by atoms with Gasteiger partial charge in [0.2, 0.25) is 5.91 Å². The van der Waals surface area contributed by atoms with Crippen molar-refractivity contribution in [2.45, 2.75) is 25.8 Å². The lowest BCUT2D eigenvalue weighted by Crippen LogP contribution is -2.28. The van der Waals surface area contributed by atoms with E-state index in [1.165, 1.54) is 4.88 Å². The fraction of sp³-hybridized carbons (Fsp3) is 0.636. The molecule has 1 aromatic heterocycles. The average molecular weight is 239 g/mol. The molecule has 0 spiro atoms. The second-order valence-electron chi connectivity index (χ2n) is 3.98. The molecule has 2 rings (SSSR count). The van der Waals surface area contributed by atoms with E-state index < -0.39 is 0 Å². The highest BCUT2D eigenvalue weighted by molar-refractivity contribution is 7.09. The van der Waals surface area contributed by atoms with Gasteiger partial charge >= 0.3 is 0 Å². The third-order valence-corrected chi connectivity index (χ3v) is 3.52. The summed E-state index contributed by atoms with van der Waals surface area (Å²) in [6, 6.07) is 0. The molecule has 1 aliphatic rings. The van der Waals surface area contributed by atoms with Crippen molar-refractivity contribution in [1.29, 1.82) is 0 Å². The summed E-state index contributed by atoms with van der Waals surface area (Å²) in [7, 11) is 0. The minimum absolute atomic E-state index is 0.322. The zero-order valence-corrected chi connectivity index (χ0v) is 10.1. The van der Waals surface area contributed by atoms with Gasteiger partial charge in [0.25, 0.3) is 0 Å². The molecule has 5 heteroatoms. The van der Waals surface area contributed by atoms with Crippen LogP contribution in [0.15, 0.2) is 11.7 Å². The summed E-state index contributed by atoms with van der Waals surface area (Å²) in [5.41, 5.74) is 1.85. The van der Waals surface area contributed by atoms with E-state index in [9.17, 15) is 4.79 Å². The Hall–Kier alpha value is -0.940. The van der Waals surface area contributed by atoms with Crippen LogP contribution in [-0.2, 0) is 11.3 Å². The van der Waals surface area contributed by atoms with E-state index in [2.05, 4.69) is 10.3 Å². The van der Waals surface area contributed by atoms with E-state index in [1.54, 1.807) is 11.3 Å². The molecule has 0 bridgehead atoms. The third-order valence-electron chi connectivity index (χ3n) is 2.74. The van der Waals surface area contributed by atoms with Crippen LogP contribution in [0.3, 0.4) is 0 Å². The van der Waals surface area contributed by atoms with Crippen LogP contribution in [0.5, 0.6) is 0 Å². The van der Waals surface area contributed by atoms with Crippen LogP contribution in [0, 0.1) is 0 Å². The minimum Gasteiger partial charge on any atom is -0.343 e. The molecule has 2 heterocycles. The van der Waals surface area contributed by atoms with Crippen LogP contribution in [0.2, 0.25) is 0 Å². The maximum Gasteiger partial charge on any atom is 0.222 e. The van der Waals surface area contributed by atoms with E-state index in [0.29, 0.717) is 5.91 Å². The van der Waals surface area contributed by atoms with E-state index in [1.807, 2.05) is 16.6 Å². The summed E-state index contributed by atoms with van der Waals surface area (Å²) >= 11 is 1.67. The molecule has 16 heavy (non-hydrogen) atoms. The van der Waals surface area contributed by atoms with Gasteiger partial charge in [-0.2, -0.15) is 0 Å². The number of nitrogens with one attached hydrogen (secondary N) is 1. The van der Waals surface area contributed by atoms with E-state index >= 15 is 0 Å². The Bertz CT molecular complexity index is 326. The Balaban J connectivity index is 1.53. The van der Waals surface area contributed by atoms with E-state index in [4.69, 9.17) is 0 Å². The highest BCUT2D eigenvalue weighted by atomic mass is 32.1. The fourth-order valence-electron chi connectivity index (χ4n) is 1.88. The van der Waals surface area contributed by atoms with Crippen LogP contribution in [0.4, 0.5) is 0 Å². The van der Waals surface area contributed by atoms with Crippen molar-refractivity contribution in [3.63, 3.8) is 0 Å². The molecule has 1 saturated heterocycles. The van der Waals surface area contributed by atoms with Crippen molar-refractivity contribution in [1.82, 2.24) is 15.2 Å². The van der Waals surface area contributed by atoms with Crippen molar-refractivity contribution in [3.8, 4) is 0 Å². The molecule has 0 aromatic carbocycles. The Morgan fingerprint density at radius 1 is 1.56 bits per heavy atom. The average Bonchev–Trinajstić information content (AvgIpc) is 2.90. The first-order valence-corrected chi connectivity index (χ1v) is 6.60. The van der Waals surface area contributed by atoms with Crippen LogP contribution < -0.4 is 5.32 Å². The lowest BCUT2D eigenvalue weighted by Gasteiger charge is -2.15. The van der Waals surface area contributed by atoms with E-state index in [-0.39, 0.29) is 0 Å². The predicted octanol–water partition coefficient (Wildman–Crippen LogP) is 1.25. The molecule has 0 aliphatic carbocycles. The van der Waals surface area contributed by atoms with E-state index in [0.717, 1.165) is 45.4 Å². The summed E-state index contributed by atoms with van der Waals surface area (Å²) < 4.78 is 0. The number of hydrogen-bond donors (Lipinski definition) is 1. The number of nitrogens with zero attached hydrogens (tertiary/aromatic N) is 2. The number of amides is 1. The topological polar surface area (TPSA) is 45.2 Å². The maximum atomic E-state index is 11.3. The highest BCUT2D eigenvalue weighted by Gasteiger charge is 2.18. The van der Waals surface area contributed by atoms with Gasteiger partial charge in [0, 0.05) is 37.1 Å². The molecule has 0 radical (unpaired) electrons. The summed E-state index contributed by atoms with van der Waals surface area (Å²) in [5, 5.41) is 3.36. The normalized spacial score (nSPS) is 16.0. The Morgan fingerprint density at radius 2 is 2.50 bits per heavy atom. The van der Waals surface area contributed by atoms with Crippen molar-refractivity contribution < 1.29 is 4.79 Å². The zero-order valence-electron chi connectivity index (χ0n) is 9.32. The Morgan fingerprint density at radius 3 is 3.19 bits per heavy atom. The largest absolute Gasteiger partial charge is 0.343 e. The van der Waals surface area contributed by atoms with Gasteiger partial charge in [0.05, 0.1) is 5.51 Å². The van der Waals surface area contributed by atoms with Gasteiger partial charge < -0.3 is 10.2 Å². The lowest BCUT2D eigenvalue weighted by molar-refractivity contribution is -0.127. The molecule has 1 fully saturated rings. The van der Waals surface area contributed by atoms with Crippen LogP contribution >= 0.6 is 11.3 Å². The standard InChI is InChI=1S/C11H17N3OS/c15-11-3-1-5-14(11)6-2-4-12-7-10-8-13-9-16-10/h8-9,12H,1-7H2. The van der Waals surface area contributed by atoms with Gasteiger partial charge in [-0.3, -0.25) is 9.78 Å². The minimum atomic E-state index is 0.322. The summed E-state index contributed by atoms with van der Waals surface area (Å²) in [6.45, 7) is 3.70. The molecule has 1 aliphatic heterocycles. The summed E-state index contributed by atoms with van der Waals surface area (Å²) in [6.07, 6.45) is 4.70.